The fourth-order valence-corrected chi connectivity index (χ4v) is 4.14. The molecule has 0 saturated carbocycles. The van der Waals surface area contributed by atoms with Gasteiger partial charge in [-0.05, 0) is 23.3 Å². The zero-order chi connectivity index (χ0) is 20.2. The molecule has 9 nitrogen and oxygen atoms in total. The van der Waals surface area contributed by atoms with E-state index in [2.05, 4.69) is 0 Å². The molecule has 1 amide bonds. The van der Waals surface area contributed by atoms with Gasteiger partial charge >= 0.3 is 15.2 Å². The van der Waals surface area contributed by atoms with Crippen molar-refractivity contribution in [3.8, 4) is 0 Å². The van der Waals surface area contributed by atoms with Crippen LogP contribution in [0.2, 0.25) is 0 Å². The van der Waals surface area contributed by atoms with Gasteiger partial charge in [0.2, 0.25) is 5.91 Å². The van der Waals surface area contributed by atoms with E-state index in [1.165, 1.54) is 17.0 Å². The number of hydrogen-bond acceptors (Lipinski definition) is 4. The maximum absolute atomic E-state index is 11.6. The highest BCUT2D eigenvalue weighted by atomic mass is 31.2. The quantitative estimate of drug-likeness (QED) is 0.408. The predicted octanol–water partition coefficient (Wildman–Crippen LogP) is 1.67. The molecule has 0 aromatic heterocycles. The molecule has 2 aromatic rings. The van der Waals surface area contributed by atoms with Crippen LogP contribution in [-0.4, -0.2) is 32.0 Å². The first-order valence-electron chi connectivity index (χ1n) is 7.77. The van der Waals surface area contributed by atoms with Crippen molar-refractivity contribution in [2.75, 3.05) is 11.4 Å². The average molecular weight is 414 g/mol. The van der Waals surface area contributed by atoms with Gasteiger partial charge in [-0.25, -0.2) is 0 Å². The Bertz CT molecular complexity index is 855. The van der Waals surface area contributed by atoms with Gasteiger partial charge in [0, 0.05) is 11.4 Å². The largest absolute Gasteiger partial charge is 0.368 e. The Kier molecular flexibility index (Phi) is 6.59. The topological polar surface area (TPSA) is 161 Å². The molecule has 0 radical (unpaired) electrons. The van der Waals surface area contributed by atoms with Gasteiger partial charge in [-0.15, -0.1) is 0 Å². The SMILES string of the molecule is NC(=O)CN(c1ccccc1CP(=O)(O)O)c1ccccc1CP(=O)(O)O. The molecule has 2 rings (SSSR count). The minimum absolute atomic E-state index is 0.276. The summed E-state index contributed by atoms with van der Waals surface area (Å²) in [5.41, 5.74) is 6.52. The Morgan fingerprint density at radius 3 is 1.52 bits per heavy atom. The molecule has 6 N–H and O–H groups in total. The van der Waals surface area contributed by atoms with E-state index in [1.807, 2.05) is 0 Å². The van der Waals surface area contributed by atoms with Crippen LogP contribution < -0.4 is 10.6 Å². The van der Waals surface area contributed by atoms with E-state index >= 15 is 0 Å². The van der Waals surface area contributed by atoms with Crippen molar-refractivity contribution in [3.05, 3.63) is 59.7 Å². The number of anilines is 2. The monoisotopic (exact) mass is 414 g/mol. The minimum Gasteiger partial charge on any atom is -0.368 e. The maximum Gasteiger partial charge on any atom is 0.329 e. The molecular weight excluding hydrogens is 394 g/mol. The number of nitrogens with zero attached hydrogens (tertiary/aromatic N) is 1. The lowest BCUT2D eigenvalue weighted by Gasteiger charge is -2.28. The molecule has 0 atom stereocenters. The summed E-state index contributed by atoms with van der Waals surface area (Å²) in [7, 11) is -8.79. The minimum atomic E-state index is -4.39. The zero-order valence-corrected chi connectivity index (χ0v) is 16.0. The lowest BCUT2D eigenvalue weighted by atomic mass is 10.1. The van der Waals surface area contributed by atoms with Crippen molar-refractivity contribution in [1.29, 1.82) is 0 Å². The van der Waals surface area contributed by atoms with Gasteiger partial charge in [-0.1, -0.05) is 36.4 Å². The highest BCUT2D eigenvalue weighted by molar-refractivity contribution is 7.51. The van der Waals surface area contributed by atoms with Crippen LogP contribution in [0.5, 0.6) is 0 Å². The Morgan fingerprint density at radius 2 is 1.19 bits per heavy atom. The Hall–Kier alpha value is -1.99. The van der Waals surface area contributed by atoms with E-state index in [4.69, 9.17) is 5.73 Å². The summed E-state index contributed by atoms with van der Waals surface area (Å²) in [6.45, 7) is -0.337. The summed E-state index contributed by atoms with van der Waals surface area (Å²) >= 11 is 0. The van der Waals surface area contributed by atoms with Crippen LogP contribution in [0.3, 0.4) is 0 Å². The summed E-state index contributed by atoms with van der Waals surface area (Å²) in [4.78, 5) is 50.4. The number of carbonyl (C=O) groups is 1. The van der Waals surface area contributed by atoms with Crippen LogP contribution in [0.1, 0.15) is 11.1 Å². The standard InChI is InChI=1S/C16H20N2O7P2/c17-16(19)9-18(14-7-3-1-5-12(14)10-26(20,21)22)15-8-4-2-6-13(15)11-27(23,24)25/h1-8H,9-11H2,(H2,17,19)(H2,20,21,22)(H2,23,24,25). The second-order valence-corrected chi connectivity index (χ2v) is 9.25. The normalized spacial score (nSPS) is 12.0. The van der Waals surface area contributed by atoms with Crippen LogP contribution in [-0.2, 0) is 26.2 Å². The van der Waals surface area contributed by atoms with Gasteiger partial charge in [0.05, 0.1) is 12.3 Å². The lowest BCUT2D eigenvalue weighted by Crippen LogP contribution is -2.31. The van der Waals surface area contributed by atoms with E-state index in [0.717, 1.165) is 0 Å². The Labute approximate surface area is 155 Å². The van der Waals surface area contributed by atoms with Crippen LogP contribution in [0, 0.1) is 0 Å². The van der Waals surface area contributed by atoms with Crippen molar-refractivity contribution < 1.29 is 33.5 Å². The first kappa shape index (κ1) is 21.3. The molecule has 0 aliphatic carbocycles. The number of rotatable bonds is 8. The van der Waals surface area contributed by atoms with Crippen molar-refractivity contribution in [1.82, 2.24) is 0 Å². The molecule has 27 heavy (non-hydrogen) atoms. The van der Waals surface area contributed by atoms with Crippen molar-refractivity contribution in [3.63, 3.8) is 0 Å². The number of amides is 1. The molecule has 0 saturated heterocycles. The van der Waals surface area contributed by atoms with Crippen molar-refractivity contribution in [2.45, 2.75) is 12.3 Å². The molecule has 0 fully saturated rings. The summed E-state index contributed by atoms with van der Waals surface area (Å²) in [5.74, 6) is -0.716. The third kappa shape index (κ3) is 6.59. The van der Waals surface area contributed by atoms with E-state index in [0.29, 0.717) is 11.4 Å². The van der Waals surface area contributed by atoms with E-state index < -0.39 is 33.4 Å². The Morgan fingerprint density at radius 1 is 0.815 bits per heavy atom. The molecular formula is C16H20N2O7P2. The molecule has 0 spiro atoms. The molecule has 11 heteroatoms. The van der Waals surface area contributed by atoms with Gasteiger partial charge < -0.3 is 30.2 Å². The van der Waals surface area contributed by atoms with Crippen molar-refractivity contribution >= 4 is 32.5 Å². The van der Waals surface area contributed by atoms with Gasteiger partial charge in [-0.3, -0.25) is 13.9 Å². The number of para-hydroxylation sites is 2. The molecule has 2 aromatic carbocycles. The number of nitrogens with two attached hydrogens (primary N) is 1. The lowest BCUT2D eigenvalue weighted by molar-refractivity contribution is -0.116. The number of carbonyl (C=O) groups excluding carboxylic acids is 1. The van der Waals surface area contributed by atoms with Gasteiger partial charge in [0.15, 0.2) is 0 Å². The molecule has 0 aliphatic heterocycles. The fourth-order valence-electron chi connectivity index (χ4n) is 2.72. The predicted molar refractivity (Wildman–Crippen MR) is 101 cm³/mol. The van der Waals surface area contributed by atoms with Crippen LogP contribution in [0.25, 0.3) is 0 Å². The molecule has 0 bridgehead atoms. The second-order valence-electron chi connectivity index (χ2n) is 5.96. The first-order valence-corrected chi connectivity index (χ1v) is 11.4. The first-order chi connectivity index (χ1) is 12.5. The maximum atomic E-state index is 11.6. The summed E-state index contributed by atoms with van der Waals surface area (Å²) in [5, 5.41) is 0. The second kappa shape index (κ2) is 8.35. The average Bonchev–Trinajstić information content (AvgIpc) is 2.51. The van der Waals surface area contributed by atoms with Gasteiger partial charge in [0.1, 0.15) is 6.54 Å². The summed E-state index contributed by atoms with van der Waals surface area (Å²) in [6.07, 6.45) is -1.11. The van der Waals surface area contributed by atoms with Crippen molar-refractivity contribution in [2.24, 2.45) is 5.73 Å². The highest BCUT2D eigenvalue weighted by Crippen LogP contribution is 2.45. The number of benzene rings is 2. The third-order valence-corrected chi connectivity index (χ3v) is 5.14. The third-order valence-electron chi connectivity index (χ3n) is 3.63. The molecule has 146 valence electrons. The fraction of sp³-hybridized carbons (Fsp3) is 0.188. The summed E-state index contributed by atoms with van der Waals surface area (Å²) in [6, 6.07) is 12.6. The van der Waals surface area contributed by atoms with Gasteiger partial charge in [-0.2, -0.15) is 0 Å². The zero-order valence-electron chi connectivity index (χ0n) is 14.2. The smallest absolute Gasteiger partial charge is 0.329 e. The van der Waals surface area contributed by atoms with Crippen LogP contribution in [0.15, 0.2) is 48.5 Å². The number of hydrogen-bond donors (Lipinski definition) is 5. The van der Waals surface area contributed by atoms with E-state index in [1.54, 1.807) is 36.4 Å². The number of primary amides is 1. The van der Waals surface area contributed by atoms with Gasteiger partial charge in [0.25, 0.3) is 0 Å². The molecule has 0 unspecified atom stereocenters. The molecule has 0 aliphatic rings. The van der Waals surface area contributed by atoms with Crippen LogP contribution >= 0.6 is 15.2 Å². The highest BCUT2D eigenvalue weighted by Gasteiger charge is 2.24. The van der Waals surface area contributed by atoms with E-state index in [9.17, 15) is 33.5 Å². The van der Waals surface area contributed by atoms with Crippen LogP contribution in [0.4, 0.5) is 11.4 Å². The Balaban J connectivity index is 2.61. The summed E-state index contributed by atoms with van der Waals surface area (Å²) < 4.78 is 22.9. The van der Waals surface area contributed by atoms with E-state index in [-0.39, 0.29) is 17.7 Å². The molecule has 0 heterocycles.